The Balaban J connectivity index is 1.62. The van der Waals surface area contributed by atoms with Gasteiger partial charge in [0.1, 0.15) is 11.5 Å². The first-order valence-corrected chi connectivity index (χ1v) is 10.6. The summed E-state index contributed by atoms with van der Waals surface area (Å²) in [5, 5.41) is 5.30. The van der Waals surface area contributed by atoms with Crippen LogP contribution in [0, 0.1) is 12.8 Å². The number of rotatable bonds is 6. The third kappa shape index (κ3) is 4.63. The first-order valence-electron chi connectivity index (χ1n) is 9.98. The maximum Gasteiger partial charge on any atom is 0.163 e. The van der Waals surface area contributed by atoms with E-state index in [9.17, 15) is 0 Å². The third-order valence-electron chi connectivity index (χ3n) is 5.31. The van der Waals surface area contributed by atoms with Crippen molar-refractivity contribution in [2.75, 3.05) is 26.8 Å². The zero-order valence-corrected chi connectivity index (χ0v) is 18.1. The van der Waals surface area contributed by atoms with Gasteiger partial charge in [0.15, 0.2) is 11.5 Å². The Morgan fingerprint density at radius 2 is 1.86 bits per heavy atom. The summed E-state index contributed by atoms with van der Waals surface area (Å²) in [4.78, 5) is 4.52. The van der Waals surface area contributed by atoms with Crippen LogP contribution in [-0.2, 0) is 0 Å². The number of ether oxygens (including phenoxy) is 3. The predicted molar refractivity (Wildman–Crippen MR) is 120 cm³/mol. The van der Waals surface area contributed by atoms with E-state index in [1.807, 2.05) is 30.3 Å². The van der Waals surface area contributed by atoms with Crippen molar-refractivity contribution in [2.24, 2.45) is 5.92 Å². The van der Waals surface area contributed by atoms with Crippen molar-refractivity contribution in [3.8, 4) is 23.0 Å². The van der Waals surface area contributed by atoms with Crippen LogP contribution < -0.4 is 24.8 Å². The Morgan fingerprint density at radius 1 is 1.03 bits per heavy atom. The summed E-state index contributed by atoms with van der Waals surface area (Å²) in [7, 11) is 4.39. The summed E-state index contributed by atoms with van der Waals surface area (Å²) < 4.78 is 18.0. The van der Waals surface area contributed by atoms with E-state index in [4.69, 9.17) is 14.2 Å². The molecule has 2 aromatic carbocycles. The normalized spacial score (nSPS) is 14.7. The molecule has 3 aromatic rings. The topological polar surface area (TPSA) is 52.6 Å². The highest BCUT2D eigenvalue weighted by atomic mass is 31.0. The summed E-state index contributed by atoms with van der Waals surface area (Å²) in [6, 6.07) is 11.9. The molecule has 1 aromatic heterocycles. The number of pyridine rings is 1. The van der Waals surface area contributed by atoms with Crippen molar-refractivity contribution >= 4 is 25.4 Å². The number of piperidine rings is 1. The molecule has 6 heteroatoms. The number of fused-ring (bicyclic) bond motifs is 1. The van der Waals surface area contributed by atoms with Crippen LogP contribution in [0.25, 0.3) is 10.9 Å². The van der Waals surface area contributed by atoms with Gasteiger partial charge in [0.05, 0.1) is 19.2 Å². The molecule has 0 saturated carbocycles. The Hall–Kier alpha value is -2.36. The quantitative estimate of drug-likeness (QED) is 0.617. The van der Waals surface area contributed by atoms with E-state index < -0.39 is 0 Å². The lowest BCUT2D eigenvalue weighted by atomic mass is 9.99. The van der Waals surface area contributed by atoms with Crippen LogP contribution in [0.15, 0.2) is 42.6 Å². The summed E-state index contributed by atoms with van der Waals surface area (Å²) in [6.45, 7) is 4.87. The van der Waals surface area contributed by atoms with Crippen molar-refractivity contribution in [3.05, 3.63) is 48.2 Å². The summed E-state index contributed by atoms with van der Waals surface area (Å²) >= 11 is 0. The lowest BCUT2D eigenvalue weighted by Crippen LogP contribution is -2.30. The molecule has 4 rings (SSSR count). The minimum Gasteiger partial charge on any atom is -0.493 e. The Bertz CT molecular complexity index is 1000. The summed E-state index contributed by atoms with van der Waals surface area (Å²) in [5.41, 5.74) is 2.01. The SMILES string of the molecule is COc1cc2c(Oc3ccc(C)cc3P)ccnc2cc1OCC1CCNCC1. The van der Waals surface area contributed by atoms with Gasteiger partial charge in [0.2, 0.25) is 0 Å². The van der Waals surface area contributed by atoms with Crippen LogP contribution in [0.5, 0.6) is 23.0 Å². The van der Waals surface area contributed by atoms with Gasteiger partial charge in [-0.2, -0.15) is 0 Å². The molecule has 1 aliphatic rings. The zero-order chi connectivity index (χ0) is 20.2. The molecule has 0 spiro atoms. The van der Waals surface area contributed by atoms with Crippen molar-refractivity contribution in [1.29, 1.82) is 0 Å². The van der Waals surface area contributed by atoms with Gasteiger partial charge in [0.25, 0.3) is 0 Å². The number of hydrogen-bond donors (Lipinski definition) is 1. The molecule has 1 fully saturated rings. The molecule has 0 aliphatic carbocycles. The summed E-state index contributed by atoms with van der Waals surface area (Å²) in [5.74, 6) is 3.54. The number of aryl methyl sites for hydroxylation is 1. The number of benzene rings is 2. The van der Waals surface area contributed by atoms with Gasteiger partial charge >= 0.3 is 0 Å². The molecule has 0 bridgehead atoms. The second kappa shape index (κ2) is 8.98. The Morgan fingerprint density at radius 3 is 2.62 bits per heavy atom. The maximum atomic E-state index is 6.21. The average molecular weight is 410 g/mol. The molecule has 0 amide bonds. The molecule has 2 heterocycles. The lowest BCUT2D eigenvalue weighted by molar-refractivity contribution is 0.208. The number of hydrogen-bond acceptors (Lipinski definition) is 5. The van der Waals surface area contributed by atoms with Crippen LogP contribution in [0.1, 0.15) is 18.4 Å². The highest BCUT2D eigenvalue weighted by Crippen LogP contribution is 2.37. The average Bonchev–Trinajstić information content (AvgIpc) is 2.74. The molecule has 1 aliphatic heterocycles. The smallest absolute Gasteiger partial charge is 0.163 e. The Labute approximate surface area is 174 Å². The number of nitrogens with zero attached hydrogens (tertiary/aromatic N) is 1. The van der Waals surface area contributed by atoms with Gasteiger partial charge in [-0.05, 0) is 63.0 Å². The van der Waals surface area contributed by atoms with E-state index in [1.165, 1.54) is 5.56 Å². The molecule has 29 heavy (non-hydrogen) atoms. The lowest BCUT2D eigenvalue weighted by Gasteiger charge is -2.23. The predicted octanol–water partition coefficient (Wildman–Crippen LogP) is 4.22. The number of methoxy groups -OCH3 is 1. The van der Waals surface area contributed by atoms with Gasteiger partial charge < -0.3 is 19.5 Å². The van der Waals surface area contributed by atoms with E-state index in [0.717, 1.165) is 59.4 Å². The molecule has 1 unspecified atom stereocenters. The highest BCUT2D eigenvalue weighted by Gasteiger charge is 2.17. The van der Waals surface area contributed by atoms with E-state index in [2.05, 4.69) is 32.5 Å². The van der Waals surface area contributed by atoms with Gasteiger partial charge in [-0.3, -0.25) is 4.98 Å². The van der Waals surface area contributed by atoms with E-state index in [1.54, 1.807) is 13.3 Å². The monoisotopic (exact) mass is 410 g/mol. The number of nitrogens with one attached hydrogen (secondary N) is 1. The fourth-order valence-electron chi connectivity index (χ4n) is 3.63. The van der Waals surface area contributed by atoms with E-state index in [-0.39, 0.29) is 0 Å². The van der Waals surface area contributed by atoms with Crippen molar-refractivity contribution in [1.82, 2.24) is 10.3 Å². The van der Waals surface area contributed by atoms with Crippen LogP contribution in [-0.4, -0.2) is 31.8 Å². The highest BCUT2D eigenvalue weighted by molar-refractivity contribution is 7.27. The Kier molecular flexibility index (Phi) is 6.17. The standard InChI is InChI=1S/C23H27N2O3P/c1-15-3-4-20(23(29)11-15)28-19-7-10-25-18-13-22(21(26-2)12-17(18)19)27-14-16-5-8-24-9-6-16/h3-4,7,10-13,16,24H,5-6,8-9,14,29H2,1-2H3. The molecule has 152 valence electrons. The molecule has 1 N–H and O–H groups in total. The number of aromatic nitrogens is 1. The third-order valence-corrected chi connectivity index (χ3v) is 5.76. The second-order valence-corrected chi connectivity index (χ2v) is 8.10. The molecular weight excluding hydrogens is 383 g/mol. The zero-order valence-electron chi connectivity index (χ0n) is 16.9. The largest absolute Gasteiger partial charge is 0.493 e. The minimum absolute atomic E-state index is 0.571. The molecule has 1 saturated heterocycles. The first-order chi connectivity index (χ1) is 14.1. The van der Waals surface area contributed by atoms with E-state index in [0.29, 0.717) is 18.3 Å². The van der Waals surface area contributed by atoms with Gasteiger partial charge in [-0.15, -0.1) is 9.24 Å². The first kappa shape index (κ1) is 19.9. The van der Waals surface area contributed by atoms with E-state index >= 15 is 0 Å². The molecule has 0 radical (unpaired) electrons. The fraction of sp³-hybridized carbons (Fsp3) is 0.348. The van der Waals surface area contributed by atoms with Gasteiger partial charge in [-0.25, -0.2) is 0 Å². The van der Waals surface area contributed by atoms with Crippen LogP contribution in [0.3, 0.4) is 0 Å². The fourth-order valence-corrected chi connectivity index (χ4v) is 4.04. The molecular formula is C23H27N2O3P. The van der Waals surface area contributed by atoms with Crippen LogP contribution in [0.4, 0.5) is 0 Å². The van der Waals surface area contributed by atoms with Crippen LogP contribution >= 0.6 is 9.24 Å². The van der Waals surface area contributed by atoms with Gasteiger partial charge in [0, 0.05) is 23.0 Å². The molecule has 1 atom stereocenters. The van der Waals surface area contributed by atoms with Crippen LogP contribution in [0.2, 0.25) is 0 Å². The van der Waals surface area contributed by atoms with Crippen molar-refractivity contribution < 1.29 is 14.2 Å². The van der Waals surface area contributed by atoms with Gasteiger partial charge in [-0.1, -0.05) is 11.6 Å². The molecule has 5 nitrogen and oxygen atoms in total. The van der Waals surface area contributed by atoms with Crippen molar-refractivity contribution in [3.63, 3.8) is 0 Å². The second-order valence-electron chi connectivity index (χ2n) is 7.48. The summed E-state index contributed by atoms with van der Waals surface area (Å²) in [6.07, 6.45) is 4.04. The minimum atomic E-state index is 0.571. The van der Waals surface area contributed by atoms with Crippen molar-refractivity contribution in [2.45, 2.75) is 19.8 Å². The maximum absolute atomic E-state index is 6.21.